The topological polar surface area (TPSA) is 45.1 Å². The van der Waals surface area contributed by atoms with Crippen molar-refractivity contribution in [3.63, 3.8) is 0 Å². The molecule has 1 aromatic carbocycles. The number of aryl methyl sites for hydroxylation is 1. The van der Waals surface area contributed by atoms with Crippen molar-refractivity contribution < 1.29 is 5.11 Å². The largest absolute Gasteiger partial charge is 0.388 e. The van der Waals surface area contributed by atoms with Crippen LogP contribution >= 0.6 is 0 Å². The fraction of sp³-hybridized carbons (Fsp3) is 0.312. The number of hydrogen-bond acceptors (Lipinski definition) is 3. The first-order valence-electron chi connectivity index (χ1n) is 6.61. The molecule has 2 rings (SSSR count). The SMILES string of the molecule is Cc1ccc(C(O)CCNCc2ccccn2)cc1. The molecule has 1 unspecified atom stereocenters. The van der Waals surface area contributed by atoms with Crippen molar-refractivity contribution in [3.8, 4) is 0 Å². The van der Waals surface area contributed by atoms with Crippen LogP contribution in [0.15, 0.2) is 48.7 Å². The van der Waals surface area contributed by atoms with Gasteiger partial charge in [-0.3, -0.25) is 4.98 Å². The Kier molecular flexibility index (Phi) is 5.07. The van der Waals surface area contributed by atoms with Crippen LogP contribution in [0.3, 0.4) is 0 Å². The normalized spacial score (nSPS) is 12.3. The molecular formula is C16H20N2O. The molecule has 1 aromatic heterocycles. The van der Waals surface area contributed by atoms with E-state index in [9.17, 15) is 5.11 Å². The van der Waals surface area contributed by atoms with E-state index in [4.69, 9.17) is 0 Å². The number of nitrogens with one attached hydrogen (secondary N) is 1. The van der Waals surface area contributed by atoms with Gasteiger partial charge in [-0.2, -0.15) is 0 Å². The van der Waals surface area contributed by atoms with Crippen molar-refractivity contribution >= 4 is 0 Å². The number of benzene rings is 1. The van der Waals surface area contributed by atoms with Crippen LogP contribution in [0.4, 0.5) is 0 Å². The van der Waals surface area contributed by atoms with Crippen molar-refractivity contribution in [3.05, 3.63) is 65.5 Å². The van der Waals surface area contributed by atoms with E-state index in [1.165, 1.54) is 5.56 Å². The Morgan fingerprint density at radius 2 is 1.95 bits per heavy atom. The average Bonchev–Trinajstić information content (AvgIpc) is 2.45. The molecule has 0 amide bonds. The molecule has 2 N–H and O–H groups in total. The standard InChI is InChI=1S/C16H20N2O/c1-13-5-7-14(8-6-13)16(19)9-11-17-12-15-4-2-3-10-18-15/h2-8,10,16-17,19H,9,11-12H2,1H3. The Hall–Kier alpha value is -1.71. The van der Waals surface area contributed by atoms with Crippen LogP contribution < -0.4 is 5.32 Å². The maximum Gasteiger partial charge on any atom is 0.0802 e. The molecule has 1 heterocycles. The van der Waals surface area contributed by atoms with Crippen LogP contribution in [-0.2, 0) is 6.54 Å². The van der Waals surface area contributed by atoms with Crippen LogP contribution in [0.2, 0.25) is 0 Å². The highest BCUT2D eigenvalue weighted by molar-refractivity contribution is 5.23. The van der Waals surface area contributed by atoms with Crippen molar-refractivity contribution in [2.75, 3.05) is 6.54 Å². The van der Waals surface area contributed by atoms with E-state index in [1.807, 2.05) is 49.4 Å². The van der Waals surface area contributed by atoms with Gasteiger partial charge in [0.05, 0.1) is 11.8 Å². The highest BCUT2D eigenvalue weighted by atomic mass is 16.3. The van der Waals surface area contributed by atoms with Crippen molar-refractivity contribution in [2.24, 2.45) is 0 Å². The lowest BCUT2D eigenvalue weighted by Gasteiger charge is -2.11. The summed E-state index contributed by atoms with van der Waals surface area (Å²) in [7, 11) is 0. The second-order valence-corrected chi connectivity index (χ2v) is 4.71. The molecule has 0 bridgehead atoms. The van der Waals surface area contributed by atoms with Gasteiger partial charge < -0.3 is 10.4 Å². The van der Waals surface area contributed by atoms with Gasteiger partial charge in [-0.15, -0.1) is 0 Å². The first kappa shape index (κ1) is 13.7. The minimum absolute atomic E-state index is 0.406. The zero-order valence-corrected chi connectivity index (χ0v) is 11.2. The predicted octanol–water partition coefficient (Wildman–Crippen LogP) is 2.60. The van der Waals surface area contributed by atoms with Crippen LogP contribution in [0.25, 0.3) is 0 Å². The van der Waals surface area contributed by atoms with Crippen LogP contribution in [0, 0.1) is 6.92 Å². The van der Waals surface area contributed by atoms with Gasteiger partial charge in [0.1, 0.15) is 0 Å². The number of aliphatic hydroxyl groups excluding tert-OH is 1. The van der Waals surface area contributed by atoms with E-state index >= 15 is 0 Å². The summed E-state index contributed by atoms with van der Waals surface area (Å²) >= 11 is 0. The van der Waals surface area contributed by atoms with E-state index in [2.05, 4.69) is 10.3 Å². The summed E-state index contributed by atoms with van der Waals surface area (Å²) in [5, 5.41) is 13.3. The number of nitrogens with zero attached hydrogens (tertiary/aromatic N) is 1. The predicted molar refractivity (Wildman–Crippen MR) is 76.7 cm³/mol. The third-order valence-corrected chi connectivity index (χ3v) is 3.09. The van der Waals surface area contributed by atoms with Crippen molar-refractivity contribution in [1.29, 1.82) is 0 Å². The summed E-state index contributed by atoms with van der Waals surface area (Å²) < 4.78 is 0. The molecule has 0 radical (unpaired) electrons. The van der Waals surface area contributed by atoms with Crippen LogP contribution in [0.5, 0.6) is 0 Å². The summed E-state index contributed by atoms with van der Waals surface area (Å²) in [6.45, 7) is 3.55. The number of rotatable bonds is 6. The maximum absolute atomic E-state index is 10.1. The lowest BCUT2D eigenvalue weighted by Crippen LogP contribution is -2.17. The number of pyridine rings is 1. The molecule has 19 heavy (non-hydrogen) atoms. The number of hydrogen-bond donors (Lipinski definition) is 2. The molecule has 0 fully saturated rings. The second kappa shape index (κ2) is 7.02. The number of aliphatic hydroxyl groups is 1. The summed E-state index contributed by atoms with van der Waals surface area (Å²) in [6, 6.07) is 13.9. The summed E-state index contributed by atoms with van der Waals surface area (Å²) in [6.07, 6.45) is 2.09. The zero-order chi connectivity index (χ0) is 13.5. The van der Waals surface area contributed by atoms with E-state index in [-0.39, 0.29) is 0 Å². The first-order chi connectivity index (χ1) is 9.25. The molecule has 0 aliphatic carbocycles. The maximum atomic E-state index is 10.1. The molecule has 0 aliphatic rings. The van der Waals surface area contributed by atoms with Gasteiger partial charge in [-0.1, -0.05) is 35.9 Å². The zero-order valence-electron chi connectivity index (χ0n) is 11.2. The van der Waals surface area contributed by atoms with Gasteiger partial charge >= 0.3 is 0 Å². The van der Waals surface area contributed by atoms with Gasteiger partial charge in [-0.25, -0.2) is 0 Å². The van der Waals surface area contributed by atoms with E-state index in [0.717, 1.165) is 24.3 Å². The minimum atomic E-state index is -0.406. The average molecular weight is 256 g/mol. The monoisotopic (exact) mass is 256 g/mol. The Balaban J connectivity index is 1.72. The summed E-state index contributed by atoms with van der Waals surface area (Å²) in [5.41, 5.74) is 3.21. The Morgan fingerprint density at radius 1 is 1.16 bits per heavy atom. The molecule has 1 atom stereocenters. The van der Waals surface area contributed by atoms with E-state index in [1.54, 1.807) is 6.20 Å². The molecule has 100 valence electrons. The van der Waals surface area contributed by atoms with Crippen LogP contribution in [-0.4, -0.2) is 16.6 Å². The van der Waals surface area contributed by atoms with Gasteiger partial charge in [-0.05, 0) is 37.6 Å². The lowest BCUT2D eigenvalue weighted by molar-refractivity contribution is 0.166. The third-order valence-electron chi connectivity index (χ3n) is 3.09. The molecule has 0 saturated carbocycles. The summed E-state index contributed by atoms with van der Waals surface area (Å²) in [5.74, 6) is 0. The second-order valence-electron chi connectivity index (χ2n) is 4.71. The van der Waals surface area contributed by atoms with Crippen molar-refractivity contribution in [2.45, 2.75) is 26.0 Å². The molecule has 0 aliphatic heterocycles. The molecule has 0 saturated heterocycles. The number of aromatic nitrogens is 1. The molecule has 0 spiro atoms. The molecule has 3 nitrogen and oxygen atoms in total. The quantitative estimate of drug-likeness (QED) is 0.781. The fourth-order valence-electron chi connectivity index (χ4n) is 1.91. The smallest absolute Gasteiger partial charge is 0.0802 e. The van der Waals surface area contributed by atoms with E-state index < -0.39 is 6.10 Å². The van der Waals surface area contributed by atoms with Gasteiger partial charge in [0.25, 0.3) is 0 Å². The highest BCUT2D eigenvalue weighted by Crippen LogP contribution is 2.16. The summed E-state index contributed by atoms with van der Waals surface area (Å²) in [4.78, 5) is 4.24. The lowest BCUT2D eigenvalue weighted by atomic mass is 10.1. The highest BCUT2D eigenvalue weighted by Gasteiger charge is 2.06. The molecule has 2 aromatic rings. The van der Waals surface area contributed by atoms with E-state index in [0.29, 0.717) is 6.42 Å². The fourth-order valence-corrected chi connectivity index (χ4v) is 1.91. The van der Waals surface area contributed by atoms with Gasteiger partial charge in [0, 0.05) is 12.7 Å². The third kappa shape index (κ3) is 4.47. The Bertz CT molecular complexity index is 482. The first-order valence-corrected chi connectivity index (χ1v) is 6.61. The van der Waals surface area contributed by atoms with Crippen molar-refractivity contribution in [1.82, 2.24) is 10.3 Å². The van der Waals surface area contributed by atoms with Crippen LogP contribution in [0.1, 0.15) is 29.3 Å². The minimum Gasteiger partial charge on any atom is -0.388 e. The molecular weight excluding hydrogens is 236 g/mol. The Labute approximate surface area is 114 Å². The van der Waals surface area contributed by atoms with Gasteiger partial charge in [0.15, 0.2) is 0 Å². The molecule has 3 heteroatoms. The Morgan fingerprint density at radius 3 is 2.63 bits per heavy atom. The van der Waals surface area contributed by atoms with Gasteiger partial charge in [0.2, 0.25) is 0 Å².